The van der Waals surface area contributed by atoms with Gasteiger partial charge in [-0.05, 0) is 71.9 Å². The van der Waals surface area contributed by atoms with Gasteiger partial charge >= 0.3 is 0 Å². The zero-order valence-corrected chi connectivity index (χ0v) is 19.0. The molecule has 0 radical (unpaired) electrons. The molecule has 31 heavy (non-hydrogen) atoms. The summed E-state index contributed by atoms with van der Waals surface area (Å²) in [6.45, 7) is 8.42. The van der Waals surface area contributed by atoms with Gasteiger partial charge in [-0.3, -0.25) is 0 Å². The summed E-state index contributed by atoms with van der Waals surface area (Å²) in [5.41, 5.74) is 11.2. The number of anilines is 1. The Morgan fingerprint density at radius 2 is 1.65 bits per heavy atom. The third kappa shape index (κ3) is 3.73. The van der Waals surface area contributed by atoms with Crippen molar-refractivity contribution in [3.05, 3.63) is 93.5 Å². The maximum Gasteiger partial charge on any atom is 0.127 e. The van der Waals surface area contributed by atoms with E-state index in [4.69, 9.17) is 4.74 Å². The van der Waals surface area contributed by atoms with Crippen LogP contribution in [-0.2, 0) is 19.4 Å². The van der Waals surface area contributed by atoms with Gasteiger partial charge in [0.2, 0.25) is 0 Å². The first-order valence-corrected chi connectivity index (χ1v) is 11.8. The number of hydrogen-bond donors (Lipinski definition) is 1. The van der Waals surface area contributed by atoms with Gasteiger partial charge in [-0.15, -0.1) is 0 Å². The van der Waals surface area contributed by atoms with Crippen LogP contribution in [0.25, 0.3) is 0 Å². The lowest BCUT2D eigenvalue weighted by Crippen LogP contribution is -2.13. The molecule has 0 fully saturated rings. The van der Waals surface area contributed by atoms with Gasteiger partial charge in [0, 0.05) is 23.7 Å². The molecule has 160 valence electrons. The fourth-order valence-electron chi connectivity index (χ4n) is 5.36. The third-order valence-electron chi connectivity index (χ3n) is 7.13. The highest BCUT2D eigenvalue weighted by Crippen LogP contribution is 2.49. The van der Waals surface area contributed by atoms with Gasteiger partial charge in [0.05, 0.1) is 6.61 Å². The first-order valence-electron chi connectivity index (χ1n) is 11.8. The van der Waals surface area contributed by atoms with Gasteiger partial charge < -0.3 is 10.1 Å². The van der Waals surface area contributed by atoms with Crippen LogP contribution in [0.5, 0.6) is 5.75 Å². The molecule has 2 heteroatoms. The lowest BCUT2D eigenvalue weighted by atomic mass is 9.81. The van der Waals surface area contributed by atoms with E-state index in [0.717, 1.165) is 26.0 Å². The monoisotopic (exact) mass is 411 g/mol. The lowest BCUT2D eigenvalue weighted by Gasteiger charge is -2.26. The standard InChI is InChI=1S/C29H33NO/c1-19(2)22-13-15-23(16-14-22)26-18-31-29-25-12-8-7-11-24(25)28(20(3)27(26)29)30-17-21-9-5-4-6-10-21/h4-6,9-10,13-16,19,26,30H,7-8,11-12,17-18H2,1-3H3. The van der Waals surface area contributed by atoms with Crippen molar-refractivity contribution in [1.82, 2.24) is 0 Å². The number of rotatable bonds is 5. The third-order valence-corrected chi connectivity index (χ3v) is 7.13. The molecule has 1 aliphatic heterocycles. The average molecular weight is 412 g/mol. The molecule has 0 aromatic heterocycles. The lowest BCUT2D eigenvalue weighted by molar-refractivity contribution is 0.338. The van der Waals surface area contributed by atoms with Crippen LogP contribution >= 0.6 is 0 Å². The molecule has 1 atom stereocenters. The Labute approximate surface area is 186 Å². The number of hydrogen-bond acceptors (Lipinski definition) is 2. The van der Waals surface area contributed by atoms with Crippen LogP contribution in [0.4, 0.5) is 5.69 Å². The van der Waals surface area contributed by atoms with Crippen LogP contribution in [0, 0.1) is 6.92 Å². The minimum absolute atomic E-state index is 0.320. The molecule has 3 aromatic carbocycles. The molecule has 2 aliphatic rings. The van der Waals surface area contributed by atoms with E-state index in [9.17, 15) is 0 Å². The molecule has 1 N–H and O–H groups in total. The van der Waals surface area contributed by atoms with Gasteiger partial charge in [-0.25, -0.2) is 0 Å². The van der Waals surface area contributed by atoms with E-state index < -0.39 is 0 Å². The van der Waals surface area contributed by atoms with Gasteiger partial charge in [-0.1, -0.05) is 68.4 Å². The van der Waals surface area contributed by atoms with Gasteiger partial charge in [0.25, 0.3) is 0 Å². The van der Waals surface area contributed by atoms with Crippen molar-refractivity contribution in [2.75, 3.05) is 11.9 Å². The zero-order chi connectivity index (χ0) is 21.4. The fraction of sp³-hybridized carbons (Fsp3) is 0.379. The number of ether oxygens (including phenoxy) is 1. The second-order valence-corrected chi connectivity index (χ2v) is 9.43. The van der Waals surface area contributed by atoms with Crippen LogP contribution in [0.2, 0.25) is 0 Å². The molecule has 0 spiro atoms. The second-order valence-electron chi connectivity index (χ2n) is 9.43. The first-order chi connectivity index (χ1) is 15.1. The molecule has 0 saturated carbocycles. The van der Waals surface area contributed by atoms with Crippen LogP contribution in [-0.4, -0.2) is 6.61 Å². The highest BCUT2D eigenvalue weighted by Gasteiger charge is 2.34. The van der Waals surface area contributed by atoms with E-state index in [-0.39, 0.29) is 0 Å². The normalized spacial score (nSPS) is 17.2. The summed E-state index contributed by atoms with van der Waals surface area (Å²) in [7, 11) is 0. The van der Waals surface area contributed by atoms with Gasteiger partial charge in [-0.2, -0.15) is 0 Å². The fourth-order valence-corrected chi connectivity index (χ4v) is 5.36. The maximum absolute atomic E-state index is 6.41. The molecule has 1 unspecified atom stereocenters. The molecule has 0 bridgehead atoms. The van der Waals surface area contributed by atoms with Crippen molar-refractivity contribution in [3.8, 4) is 5.75 Å². The second kappa shape index (κ2) is 8.42. The van der Waals surface area contributed by atoms with Crippen LogP contribution in [0.1, 0.15) is 77.5 Å². The molecular formula is C29H33NO. The Bertz CT molecular complexity index is 1070. The van der Waals surface area contributed by atoms with E-state index in [1.54, 1.807) is 0 Å². The Morgan fingerprint density at radius 1 is 0.935 bits per heavy atom. The predicted molar refractivity (Wildman–Crippen MR) is 129 cm³/mol. The van der Waals surface area contributed by atoms with E-state index in [1.807, 2.05) is 0 Å². The number of nitrogens with one attached hydrogen (secondary N) is 1. The van der Waals surface area contributed by atoms with Crippen molar-refractivity contribution in [3.63, 3.8) is 0 Å². The molecule has 1 heterocycles. The average Bonchev–Trinajstić information content (AvgIpc) is 3.25. The molecule has 1 aliphatic carbocycles. The summed E-state index contributed by atoms with van der Waals surface area (Å²) in [5, 5.41) is 3.83. The number of fused-ring (bicyclic) bond motifs is 3. The summed E-state index contributed by atoms with van der Waals surface area (Å²) in [6, 6.07) is 19.9. The van der Waals surface area contributed by atoms with E-state index in [1.165, 1.54) is 63.2 Å². The molecule has 0 amide bonds. The maximum atomic E-state index is 6.41. The quantitative estimate of drug-likeness (QED) is 0.482. The first kappa shape index (κ1) is 20.2. The predicted octanol–water partition coefficient (Wildman–Crippen LogP) is 7.13. The molecular weight excluding hydrogens is 378 g/mol. The van der Waals surface area contributed by atoms with Crippen molar-refractivity contribution >= 4 is 5.69 Å². The van der Waals surface area contributed by atoms with Crippen LogP contribution in [0.3, 0.4) is 0 Å². The van der Waals surface area contributed by atoms with E-state index in [2.05, 4.69) is 80.7 Å². The highest BCUT2D eigenvalue weighted by atomic mass is 16.5. The minimum atomic E-state index is 0.320. The Morgan fingerprint density at radius 3 is 2.35 bits per heavy atom. The van der Waals surface area contributed by atoms with Crippen LogP contribution < -0.4 is 10.1 Å². The van der Waals surface area contributed by atoms with E-state index >= 15 is 0 Å². The minimum Gasteiger partial charge on any atom is -0.492 e. The summed E-state index contributed by atoms with van der Waals surface area (Å²) in [5.74, 6) is 2.07. The topological polar surface area (TPSA) is 21.3 Å². The largest absolute Gasteiger partial charge is 0.492 e. The molecule has 5 rings (SSSR count). The van der Waals surface area contributed by atoms with Gasteiger partial charge in [0.15, 0.2) is 0 Å². The van der Waals surface area contributed by atoms with Crippen molar-refractivity contribution in [1.29, 1.82) is 0 Å². The Hall–Kier alpha value is -2.74. The SMILES string of the molecule is Cc1c(NCc2ccccc2)c2c(c3c1C(c1ccc(C(C)C)cc1)CO3)CCCC2. The van der Waals surface area contributed by atoms with Crippen molar-refractivity contribution in [2.24, 2.45) is 0 Å². The summed E-state index contributed by atoms with van der Waals surface area (Å²) in [4.78, 5) is 0. The van der Waals surface area contributed by atoms with Crippen molar-refractivity contribution in [2.45, 2.75) is 64.8 Å². The zero-order valence-electron chi connectivity index (χ0n) is 19.0. The number of benzene rings is 3. The summed E-state index contributed by atoms with van der Waals surface area (Å²) in [6.07, 6.45) is 4.82. The summed E-state index contributed by atoms with van der Waals surface area (Å²) >= 11 is 0. The summed E-state index contributed by atoms with van der Waals surface area (Å²) < 4.78 is 6.41. The smallest absolute Gasteiger partial charge is 0.127 e. The molecule has 2 nitrogen and oxygen atoms in total. The van der Waals surface area contributed by atoms with Crippen LogP contribution in [0.15, 0.2) is 54.6 Å². The van der Waals surface area contributed by atoms with Crippen molar-refractivity contribution < 1.29 is 4.74 Å². The van der Waals surface area contributed by atoms with E-state index in [0.29, 0.717) is 11.8 Å². The van der Waals surface area contributed by atoms with Gasteiger partial charge in [0.1, 0.15) is 5.75 Å². The highest BCUT2D eigenvalue weighted by molar-refractivity contribution is 5.71. The Kier molecular flexibility index (Phi) is 5.48. The molecule has 3 aromatic rings. The Balaban J connectivity index is 1.55. The molecule has 0 saturated heterocycles.